The fourth-order valence-corrected chi connectivity index (χ4v) is 5.78. The van der Waals surface area contributed by atoms with Gasteiger partial charge in [-0.2, -0.15) is 0 Å². The number of amides is 3. The maximum atomic E-state index is 13.8. The largest absolute Gasteiger partial charge is 0.341 e. The van der Waals surface area contributed by atoms with Crippen LogP contribution in [0.5, 0.6) is 0 Å². The van der Waals surface area contributed by atoms with Crippen LogP contribution in [0.2, 0.25) is 5.02 Å². The van der Waals surface area contributed by atoms with E-state index in [4.69, 9.17) is 11.6 Å². The van der Waals surface area contributed by atoms with Crippen LogP contribution < -0.4 is 16.0 Å². The first-order valence-electron chi connectivity index (χ1n) is 14.6. The number of likely N-dealkylation sites (tertiary alicyclic amines) is 1. The zero-order valence-corrected chi connectivity index (χ0v) is 24.0. The van der Waals surface area contributed by atoms with Gasteiger partial charge in [0.25, 0.3) is 0 Å². The minimum atomic E-state index is -0.244. The van der Waals surface area contributed by atoms with Gasteiger partial charge in [-0.15, -0.1) is 0 Å². The van der Waals surface area contributed by atoms with Crippen molar-refractivity contribution in [2.45, 2.75) is 70.0 Å². The molecule has 2 aromatic rings. The molecule has 0 aliphatic carbocycles. The van der Waals surface area contributed by atoms with Crippen LogP contribution in [0.25, 0.3) is 0 Å². The van der Waals surface area contributed by atoms with E-state index < -0.39 is 0 Å². The molecule has 0 radical (unpaired) electrons. The number of carbonyl (C=O) groups is 2. The Labute approximate surface area is 238 Å². The van der Waals surface area contributed by atoms with Gasteiger partial charge < -0.3 is 25.8 Å². The molecule has 2 aliphatic heterocycles. The molecule has 2 aromatic carbocycles. The quantitative estimate of drug-likeness (QED) is 0.375. The van der Waals surface area contributed by atoms with E-state index in [1.54, 1.807) is 0 Å². The van der Waals surface area contributed by atoms with Crippen LogP contribution in [0.1, 0.15) is 62.5 Å². The maximum absolute atomic E-state index is 13.8. The van der Waals surface area contributed by atoms with Gasteiger partial charge in [0.05, 0.1) is 6.04 Å². The number of nitrogens with zero attached hydrogens (tertiary/aromatic N) is 2. The van der Waals surface area contributed by atoms with Gasteiger partial charge in [0.15, 0.2) is 0 Å². The normalized spacial score (nSPS) is 21.3. The van der Waals surface area contributed by atoms with Gasteiger partial charge in [0.1, 0.15) is 0 Å². The topological polar surface area (TPSA) is 76.7 Å². The van der Waals surface area contributed by atoms with Crippen molar-refractivity contribution in [1.29, 1.82) is 0 Å². The Morgan fingerprint density at radius 2 is 1.77 bits per heavy atom. The lowest BCUT2D eigenvalue weighted by Crippen LogP contribution is -2.51. The summed E-state index contributed by atoms with van der Waals surface area (Å²) >= 11 is 5.95. The number of hydrogen-bond acceptors (Lipinski definition) is 4. The number of carbonyl (C=O) groups excluding carboxylic acids is 2. The van der Waals surface area contributed by atoms with Crippen molar-refractivity contribution in [1.82, 2.24) is 25.8 Å². The van der Waals surface area contributed by atoms with E-state index in [1.807, 2.05) is 30.3 Å². The third-order valence-electron chi connectivity index (χ3n) is 8.06. The number of piperidine rings is 1. The van der Waals surface area contributed by atoms with E-state index in [0.29, 0.717) is 30.6 Å². The average Bonchev–Trinajstić information content (AvgIpc) is 3.12. The molecule has 2 saturated heterocycles. The molecule has 2 fully saturated rings. The summed E-state index contributed by atoms with van der Waals surface area (Å²) < 4.78 is 0. The molecule has 1 unspecified atom stereocenters. The van der Waals surface area contributed by atoms with Gasteiger partial charge >= 0.3 is 6.03 Å². The lowest BCUT2D eigenvalue weighted by molar-refractivity contribution is -0.133. The lowest BCUT2D eigenvalue weighted by atomic mass is 9.95. The Bertz CT molecular complexity index is 1030. The highest BCUT2D eigenvalue weighted by Crippen LogP contribution is 2.23. The minimum Gasteiger partial charge on any atom is -0.341 e. The van der Waals surface area contributed by atoms with Gasteiger partial charge in [-0.1, -0.05) is 67.4 Å². The summed E-state index contributed by atoms with van der Waals surface area (Å²) in [6, 6.07) is 17.5. The molecule has 3 atom stereocenters. The van der Waals surface area contributed by atoms with Gasteiger partial charge in [-0.3, -0.25) is 4.79 Å². The molecule has 3 amide bonds. The van der Waals surface area contributed by atoms with Gasteiger partial charge in [0, 0.05) is 49.7 Å². The van der Waals surface area contributed by atoms with Crippen LogP contribution in [-0.2, 0) is 11.3 Å². The van der Waals surface area contributed by atoms with E-state index in [0.717, 1.165) is 51.0 Å². The zero-order chi connectivity index (χ0) is 27.5. The van der Waals surface area contributed by atoms with E-state index in [2.05, 4.69) is 56.9 Å². The predicted molar refractivity (Wildman–Crippen MR) is 158 cm³/mol. The molecule has 39 heavy (non-hydrogen) atoms. The SMILES string of the molecule is CCC(CN1CC[C@@H](CNC(=O)NCc2ccc(Cl)cc2)N[C@@H](CCN2CCCCC2)C1=O)c1ccccc1. The van der Waals surface area contributed by atoms with Gasteiger partial charge in [0.2, 0.25) is 5.91 Å². The number of halogens is 1. The van der Waals surface area contributed by atoms with Crippen molar-refractivity contribution in [2.75, 3.05) is 39.3 Å². The van der Waals surface area contributed by atoms with Crippen LogP contribution in [0, 0.1) is 0 Å². The molecule has 2 heterocycles. The summed E-state index contributed by atoms with van der Waals surface area (Å²) in [6.07, 6.45) is 6.36. The smallest absolute Gasteiger partial charge is 0.315 e. The monoisotopic (exact) mass is 553 g/mol. The molecule has 0 bridgehead atoms. The fraction of sp³-hybridized carbons (Fsp3) is 0.548. The molecule has 2 aliphatic rings. The van der Waals surface area contributed by atoms with E-state index in [1.165, 1.54) is 24.8 Å². The number of rotatable bonds is 11. The lowest BCUT2D eigenvalue weighted by Gasteiger charge is -2.31. The number of benzene rings is 2. The van der Waals surface area contributed by atoms with Crippen LogP contribution in [0.4, 0.5) is 4.79 Å². The highest BCUT2D eigenvalue weighted by atomic mass is 35.5. The van der Waals surface area contributed by atoms with Crippen LogP contribution >= 0.6 is 11.6 Å². The molecule has 8 heteroatoms. The van der Waals surface area contributed by atoms with Crippen LogP contribution in [-0.4, -0.2) is 73.1 Å². The molecule has 7 nitrogen and oxygen atoms in total. The van der Waals surface area contributed by atoms with E-state index >= 15 is 0 Å². The second-order valence-corrected chi connectivity index (χ2v) is 11.3. The molecule has 0 spiro atoms. The van der Waals surface area contributed by atoms with Crippen LogP contribution in [0.15, 0.2) is 54.6 Å². The summed E-state index contributed by atoms with van der Waals surface area (Å²) in [4.78, 5) is 30.9. The maximum Gasteiger partial charge on any atom is 0.315 e. The molecule has 4 rings (SSSR count). The standard InChI is InChI=1S/C31H44ClN5O2/c1-2-25(26-9-5-3-6-10-26)23-37-20-15-28(22-34-31(39)33-21-24-11-13-27(32)14-12-24)35-29(30(37)38)16-19-36-17-7-4-8-18-36/h3,5-6,9-14,25,28-29,35H,2,4,7-8,15-23H2,1H3,(H2,33,34,39)/t25?,28-,29-/m0/s1. The Kier molecular flexibility index (Phi) is 11.5. The molecule has 0 saturated carbocycles. The Balaban J connectivity index is 1.35. The highest BCUT2D eigenvalue weighted by molar-refractivity contribution is 6.30. The van der Waals surface area contributed by atoms with Crippen LogP contribution in [0.3, 0.4) is 0 Å². The molecule has 3 N–H and O–H groups in total. The summed E-state index contributed by atoms with van der Waals surface area (Å²) in [7, 11) is 0. The highest BCUT2D eigenvalue weighted by Gasteiger charge is 2.32. The van der Waals surface area contributed by atoms with Crippen molar-refractivity contribution in [3.05, 3.63) is 70.7 Å². The predicted octanol–water partition coefficient (Wildman–Crippen LogP) is 4.77. The summed E-state index contributed by atoms with van der Waals surface area (Å²) in [5, 5.41) is 10.2. The first-order valence-corrected chi connectivity index (χ1v) is 15.0. The number of urea groups is 1. The van der Waals surface area contributed by atoms with Crippen molar-refractivity contribution >= 4 is 23.5 Å². The van der Waals surface area contributed by atoms with E-state index in [-0.39, 0.29) is 24.0 Å². The summed E-state index contributed by atoms with van der Waals surface area (Å²) in [5.74, 6) is 0.502. The summed E-state index contributed by atoms with van der Waals surface area (Å²) in [6.45, 7) is 7.69. The Morgan fingerprint density at radius 1 is 1.03 bits per heavy atom. The Hall–Kier alpha value is -2.61. The first kappa shape index (κ1) is 29.4. The molecular weight excluding hydrogens is 510 g/mol. The van der Waals surface area contributed by atoms with Gasteiger partial charge in [-0.25, -0.2) is 4.79 Å². The number of nitrogens with one attached hydrogen (secondary N) is 3. The molecular formula is C31H44ClN5O2. The van der Waals surface area contributed by atoms with Crippen molar-refractivity contribution in [3.63, 3.8) is 0 Å². The second kappa shape index (κ2) is 15.2. The second-order valence-electron chi connectivity index (χ2n) is 10.9. The number of hydrogen-bond donors (Lipinski definition) is 3. The van der Waals surface area contributed by atoms with Gasteiger partial charge in [-0.05, 0) is 68.5 Å². The van der Waals surface area contributed by atoms with Crippen molar-refractivity contribution in [3.8, 4) is 0 Å². The average molecular weight is 554 g/mol. The third kappa shape index (κ3) is 9.23. The summed E-state index contributed by atoms with van der Waals surface area (Å²) in [5.41, 5.74) is 2.27. The van der Waals surface area contributed by atoms with Crippen molar-refractivity contribution < 1.29 is 9.59 Å². The first-order chi connectivity index (χ1) is 19.0. The van der Waals surface area contributed by atoms with Crippen molar-refractivity contribution in [2.24, 2.45) is 0 Å². The molecule has 212 valence electrons. The Morgan fingerprint density at radius 3 is 2.49 bits per heavy atom. The third-order valence-corrected chi connectivity index (χ3v) is 8.31. The minimum absolute atomic E-state index is 0.0309. The van der Waals surface area contributed by atoms with E-state index in [9.17, 15) is 9.59 Å². The zero-order valence-electron chi connectivity index (χ0n) is 23.2. The molecule has 0 aromatic heterocycles. The fourth-order valence-electron chi connectivity index (χ4n) is 5.65.